The van der Waals surface area contributed by atoms with E-state index in [-0.39, 0.29) is 0 Å². The van der Waals surface area contributed by atoms with Gasteiger partial charge in [0.05, 0.1) is 23.9 Å². The minimum absolute atomic E-state index is 0.715. The van der Waals surface area contributed by atoms with E-state index in [1.807, 2.05) is 0 Å². The molecule has 0 amide bonds. The van der Waals surface area contributed by atoms with Crippen LogP contribution in [0.25, 0.3) is 11.0 Å². The second-order valence-corrected chi connectivity index (χ2v) is 8.80. The first kappa shape index (κ1) is 22.5. The lowest BCUT2D eigenvalue weighted by atomic mass is 10.1. The molecule has 0 radical (unpaired) electrons. The van der Waals surface area contributed by atoms with Gasteiger partial charge in [0.2, 0.25) is 5.95 Å². The summed E-state index contributed by atoms with van der Waals surface area (Å²) in [6.07, 6.45) is 9.66. The summed E-state index contributed by atoms with van der Waals surface area (Å²) in [5.41, 5.74) is 2.27. The number of hydrogen-bond donors (Lipinski definition) is 1. The van der Waals surface area contributed by atoms with Crippen molar-refractivity contribution in [2.24, 2.45) is 0 Å². The third-order valence-corrected chi connectivity index (χ3v) is 4.68. The standard InChI is InChI=1S/C19H29N3O.CH4O3S/c1-3-4-5-6-7-8-14-23-16-10-11-18-17(15-16)20-19-21(2)12-9-13-22(18)19;1-5(2,3)4/h10-11,15H,3-9,12-14H2,1-2H3;1H3,(H,2,3,4). The first-order valence-corrected chi connectivity index (χ1v) is 11.9. The molecule has 28 heavy (non-hydrogen) atoms. The minimum Gasteiger partial charge on any atom is -0.494 e. The van der Waals surface area contributed by atoms with E-state index in [9.17, 15) is 8.42 Å². The number of hydrogen-bond acceptors (Lipinski definition) is 5. The summed E-state index contributed by atoms with van der Waals surface area (Å²) < 4.78 is 34.1. The quantitative estimate of drug-likeness (QED) is 0.519. The van der Waals surface area contributed by atoms with E-state index >= 15 is 0 Å². The molecule has 8 heteroatoms. The fourth-order valence-electron chi connectivity index (χ4n) is 3.34. The number of aryl methyl sites for hydroxylation is 1. The van der Waals surface area contributed by atoms with E-state index in [1.165, 1.54) is 44.0 Å². The Bertz CT molecular complexity index is 840. The van der Waals surface area contributed by atoms with Crippen LogP contribution >= 0.6 is 0 Å². The lowest BCUT2D eigenvalue weighted by Crippen LogP contribution is -2.28. The van der Waals surface area contributed by atoms with Gasteiger partial charge in [-0.1, -0.05) is 39.0 Å². The van der Waals surface area contributed by atoms with Gasteiger partial charge in [0, 0.05) is 26.2 Å². The second kappa shape index (κ2) is 10.7. The number of anilines is 1. The number of ether oxygens (including phenoxy) is 1. The Morgan fingerprint density at radius 2 is 1.82 bits per heavy atom. The largest absolute Gasteiger partial charge is 0.494 e. The molecule has 1 aliphatic rings. The van der Waals surface area contributed by atoms with Crippen LogP contribution in [0.3, 0.4) is 0 Å². The summed E-state index contributed by atoms with van der Waals surface area (Å²) >= 11 is 0. The highest BCUT2D eigenvalue weighted by molar-refractivity contribution is 7.85. The highest BCUT2D eigenvalue weighted by Crippen LogP contribution is 2.28. The Labute approximate surface area is 168 Å². The van der Waals surface area contributed by atoms with Gasteiger partial charge >= 0.3 is 0 Å². The Balaban J connectivity index is 0.000000500. The van der Waals surface area contributed by atoms with Gasteiger partial charge < -0.3 is 14.2 Å². The molecule has 1 N–H and O–H groups in total. The van der Waals surface area contributed by atoms with Gasteiger partial charge in [-0.3, -0.25) is 4.55 Å². The van der Waals surface area contributed by atoms with E-state index in [0.717, 1.165) is 43.3 Å². The van der Waals surface area contributed by atoms with Crippen LogP contribution in [-0.2, 0) is 16.7 Å². The van der Waals surface area contributed by atoms with Crippen LogP contribution in [0.4, 0.5) is 5.95 Å². The summed E-state index contributed by atoms with van der Waals surface area (Å²) in [5, 5.41) is 0. The predicted octanol–water partition coefficient (Wildman–Crippen LogP) is 4.12. The first-order valence-electron chi connectivity index (χ1n) is 10.1. The molecular weight excluding hydrogens is 378 g/mol. The zero-order valence-corrected chi connectivity index (χ0v) is 18.0. The van der Waals surface area contributed by atoms with Crippen molar-refractivity contribution in [3.63, 3.8) is 0 Å². The second-order valence-electron chi connectivity index (χ2n) is 7.34. The zero-order valence-electron chi connectivity index (χ0n) is 17.2. The monoisotopic (exact) mass is 411 g/mol. The molecule has 1 aromatic heterocycles. The third kappa shape index (κ3) is 7.31. The summed E-state index contributed by atoms with van der Waals surface area (Å²) in [7, 11) is -1.55. The fourth-order valence-corrected chi connectivity index (χ4v) is 3.34. The average molecular weight is 412 g/mol. The van der Waals surface area contributed by atoms with Gasteiger partial charge in [-0.25, -0.2) is 4.98 Å². The molecule has 0 aliphatic carbocycles. The van der Waals surface area contributed by atoms with E-state index in [2.05, 4.69) is 41.6 Å². The summed E-state index contributed by atoms with van der Waals surface area (Å²) in [6.45, 7) is 5.22. The Hall–Kier alpha value is -1.80. The maximum Gasteiger partial charge on any atom is 0.261 e. The van der Waals surface area contributed by atoms with Crippen LogP contribution in [0.15, 0.2) is 18.2 Å². The summed E-state index contributed by atoms with van der Waals surface area (Å²) in [6, 6.07) is 6.33. The summed E-state index contributed by atoms with van der Waals surface area (Å²) in [4.78, 5) is 7.02. The van der Waals surface area contributed by atoms with Crippen LogP contribution in [0.5, 0.6) is 5.75 Å². The number of fused-ring (bicyclic) bond motifs is 3. The van der Waals surface area contributed by atoms with Gasteiger partial charge in [-0.15, -0.1) is 0 Å². The Morgan fingerprint density at radius 1 is 1.14 bits per heavy atom. The summed E-state index contributed by atoms with van der Waals surface area (Å²) in [5.74, 6) is 2.03. The van der Waals surface area contributed by atoms with Crippen LogP contribution in [0, 0.1) is 0 Å². The first-order chi connectivity index (χ1) is 13.3. The van der Waals surface area contributed by atoms with Crippen LogP contribution in [0.2, 0.25) is 0 Å². The zero-order chi connectivity index (χ0) is 20.6. The lowest BCUT2D eigenvalue weighted by molar-refractivity contribution is 0.304. The molecule has 1 aliphatic heterocycles. The predicted molar refractivity (Wildman–Crippen MR) is 114 cm³/mol. The average Bonchev–Trinajstić information content (AvgIpc) is 2.99. The molecule has 0 saturated carbocycles. The molecule has 1 aromatic carbocycles. The number of benzene rings is 1. The van der Waals surface area contributed by atoms with Crippen molar-refractivity contribution in [2.75, 3.05) is 31.4 Å². The highest BCUT2D eigenvalue weighted by Gasteiger charge is 2.18. The van der Waals surface area contributed by atoms with Crippen molar-refractivity contribution in [3.05, 3.63) is 18.2 Å². The maximum absolute atomic E-state index is 9.19. The molecular formula is C20H33N3O4S. The SMILES string of the molecule is CCCCCCCCOc1ccc2c(c1)nc1n2CCCN1C.CS(=O)(=O)O. The van der Waals surface area contributed by atoms with E-state index in [1.54, 1.807) is 0 Å². The van der Waals surface area contributed by atoms with Crippen molar-refractivity contribution in [2.45, 2.75) is 58.4 Å². The minimum atomic E-state index is -3.67. The highest BCUT2D eigenvalue weighted by atomic mass is 32.2. The molecule has 158 valence electrons. The number of unbranched alkanes of at least 4 members (excludes halogenated alkanes) is 5. The molecule has 3 rings (SSSR count). The van der Waals surface area contributed by atoms with Crippen molar-refractivity contribution in [1.29, 1.82) is 0 Å². The molecule has 7 nitrogen and oxygen atoms in total. The normalized spacial score (nSPS) is 13.8. The molecule has 0 unspecified atom stereocenters. The van der Waals surface area contributed by atoms with Crippen LogP contribution in [-0.4, -0.2) is 49.0 Å². The molecule has 0 atom stereocenters. The van der Waals surface area contributed by atoms with E-state index < -0.39 is 10.1 Å². The number of rotatable bonds is 8. The van der Waals surface area contributed by atoms with Crippen molar-refractivity contribution in [3.8, 4) is 5.75 Å². The number of imidazole rings is 1. The maximum atomic E-state index is 9.19. The van der Waals surface area contributed by atoms with E-state index in [4.69, 9.17) is 14.3 Å². The van der Waals surface area contributed by atoms with Crippen LogP contribution in [0.1, 0.15) is 51.9 Å². The van der Waals surface area contributed by atoms with Gasteiger partial charge in [-0.05, 0) is 25.0 Å². The molecule has 2 heterocycles. The molecule has 0 spiro atoms. The van der Waals surface area contributed by atoms with Crippen molar-refractivity contribution < 1.29 is 17.7 Å². The van der Waals surface area contributed by atoms with Gasteiger partial charge in [0.15, 0.2) is 0 Å². The third-order valence-electron chi connectivity index (χ3n) is 4.68. The van der Waals surface area contributed by atoms with Crippen molar-refractivity contribution >= 4 is 27.1 Å². The van der Waals surface area contributed by atoms with Gasteiger partial charge in [0.1, 0.15) is 5.75 Å². The smallest absolute Gasteiger partial charge is 0.261 e. The van der Waals surface area contributed by atoms with E-state index in [0.29, 0.717) is 6.26 Å². The van der Waals surface area contributed by atoms with Crippen LogP contribution < -0.4 is 9.64 Å². The molecule has 2 aromatic rings. The van der Waals surface area contributed by atoms with Gasteiger partial charge in [-0.2, -0.15) is 8.42 Å². The molecule has 0 saturated heterocycles. The fraction of sp³-hybridized carbons (Fsp3) is 0.650. The Kier molecular flexibility index (Phi) is 8.57. The Morgan fingerprint density at radius 3 is 2.54 bits per heavy atom. The van der Waals surface area contributed by atoms with Gasteiger partial charge in [0.25, 0.3) is 10.1 Å². The lowest BCUT2D eigenvalue weighted by Gasteiger charge is -2.24. The number of aromatic nitrogens is 2. The topological polar surface area (TPSA) is 84.7 Å². The van der Waals surface area contributed by atoms with Crippen molar-refractivity contribution in [1.82, 2.24) is 9.55 Å². The molecule has 0 fully saturated rings. The number of nitrogens with zero attached hydrogens (tertiary/aromatic N) is 3. The molecule has 0 bridgehead atoms.